The van der Waals surface area contributed by atoms with E-state index in [4.69, 9.17) is 9.47 Å². The van der Waals surface area contributed by atoms with Crippen LogP contribution in [0.5, 0.6) is 5.75 Å². The fourth-order valence-electron chi connectivity index (χ4n) is 3.38. The average molecular weight is 410 g/mol. The van der Waals surface area contributed by atoms with Crippen LogP contribution in [0.1, 0.15) is 39.6 Å². The maximum absolute atomic E-state index is 12.9. The third-order valence-corrected chi connectivity index (χ3v) is 4.90. The Morgan fingerprint density at radius 1 is 0.867 bits per heavy atom. The highest BCUT2D eigenvalue weighted by molar-refractivity contribution is 5.95. The minimum atomic E-state index is -0.775. The normalized spacial score (nSPS) is 14.1. The molecule has 2 amide bonds. The van der Waals surface area contributed by atoms with Gasteiger partial charge >= 0.3 is 6.16 Å². The highest BCUT2D eigenvalue weighted by Crippen LogP contribution is 2.16. The van der Waals surface area contributed by atoms with Gasteiger partial charge in [0.05, 0.1) is 6.61 Å². The van der Waals surface area contributed by atoms with E-state index < -0.39 is 6.16 Å². The third kappa shape index (κ3) is 5.37. The molecule has 7 nitrogen and oxygen atoms in total. The van der Waals surface area contributed by atoms with Gasteiger partial charge in [0.2, 0.25) is 0 Å². The molecule has 0 N–H and O–H groups in total. The zero-order valence-corrected chi connectivity index (χ0v) is 17.3. The van der Waals surface area contributed by atoms with Crippen molar-refractivity contribution in [1.82, 2.24) is 9.80 Å². The summed E-state index contributed by atoms with van der Waals surface area (Å²) in [5.41, 5.74) is 2.22. The monoisotopic (exact) mass is 410 g/mol. The molecule has 30 heavy (non-hydrogen) atoms. The van der Waals surface area contributed by atoms with Gasteiger partial charge in [-0.25, -0.2) is 4.79 Å². The van der Waals surface area contributed by atoms with Crippen molar-refractivity contribution in [2.24, 2.45) is 0 Å². The number of rotatable bonds is 4. The van der Waals surface area contributed by atoms with E-state index in [1.54, 1.807) is 41.0 Å². The van der Waals surface area contributed by atoms with Crippen LogP contribution in [0.15, 0.2) is 48.5 Å². The Balaban J connectivity index is 1.60. The van der Waals surface area contributed by atoms with Crippen LogP contribution >= 0.6 is 0 Å². The molecule has 0 spiro atoms. The van der Waals surface area contributed by atoms with Crippen LogP contribution in [0.25, 0.3) is 0 Å². The third-order valence-electron chi connectivity index (χ3n) is 4.90. The van der Waals surface area contributed by atoms with Crippen LogP contribution in [0.2, 0.25) is 0 Å². The van der Waals surface area contributed by atoms with Crippen LogP contribution in [-0.4, -0.2) is 60.6 Å². The predicted octanol–water partition coefficient (Wildman–Crippen LogP) is 3.52. The van der Waals surface area contributed by atoms with Crippen LogP contribution < -0.4 is 4.74 Å². The minimum Gasteiger partial charge on any atom is -0.434 e. The molecule has 0 aromatic heterocycles. The van der Waals surface area contributed by atoms with E-state index in [2.05, 4.69) is 0 Å². The lowest BCUT2D eigenvalue weighted by Gasteiger charge is -2.22. The molecule has 158 valence electrons. The van der Waals surface area contributed by atoms with Gasteiger partial charge in [0, 0.05) is 37.3 Å². The van der Waals surface area contributed by atoms with Crippen LogP contribution in [0, 0.1) is 6.92 Å². The highest BCUT2D eigenvalue weighted by atomic mass is 16.7. The molecule has 1 fully saturated rings. The van der Waals surface area contributed by atoms with Gasteiger partial charge < -0.3 is 19.3 Å². The van der Waals surface area contributed by atoms with Gasteiger partial charge in [-0.15, -0.1) is 0 Å². The lowest BCUT2D eigenvalue weighted by atomic mass is 10.1. The van der Waals surface area contributed by atoms with E-state index in [0.717, 1.165) is 5.56 Å². The van der Waals surface area contributed by atoms with E-state index >= 15 is 0 Å². The summed E-state index contributed by atoms with van der Waals surface area (Å²) in [6.07, 6.45) is -0.0599. The van der Waals surface area contributed by atoms with Crippen molar-refractivity contribution in [1.29, 1.82) is 0 Å². The van der Waals surface area contributed by atoms with Crippen molar-refractivity contribution in [3.8, 4) is 5.75 Å². The van der Waals surface area contributed by atoms with Crippen molar-refractivity contribution in [2.45, 2.75) is 20.3 Å². The van der Waals surface area contributed by atoms with E-state index in [1.807, 2.05) is 31.2 Å². The Morgan fingerprint density at radius 2 is 1.50 bits per heavy atom. The number of benzene rings is 2. The van der Waals surface area contributed by atoms with Gasteiger partial charge in [0.15, 0.2) is 0 Å². The number of hydrogen-bond donors (Lipinski definition) is 0. The van der Waals surface area contributed by atoms with Crippen molar-refractivity contribution < 1.29 is 23.9 Å². The second-order valence-corrected chi connectivity index (χ2v) is 7.12. The molecule has 0 unspecified atom stereocenters. The first kappa shape index (κ1) is 21.4. The van der Waals surface area contributed by atoms with Gasteiger partial charge in [-0.05, 0) is 56.7 Å². The van der Waals surface area contributed by atoms with Gasteiger partial charge in [0.1, 0.15) is 5.75 Å². The highest BCUT2D eigenvalue weighted by Gasteiger charge is 2.23. The Hall–Kier alpha value is -3.35. The number of aryl methyl sites for hydroxylation is 1. The van der Waals surface area contributed by atoms with Gasteiger partial charge in [-0.3, -0.25) is 9.59 Å². The zero-order chi connectivity index (χ0) is 21.5. The number of carbonyl (C=O) groups is 3. The molecule has 0 atom stereocenters. The number of amides is 2. The van der Waals surface area contributed by atoms with Crippen LogP contribution in [-0.2, 0) is 4.74 Å². The fourth-order valence-corrected chi connectivity index (χ4v) is 3.38. The summed E-state index contributed by atoms with van der Waals surface area (Å²) in [7, 11) is 0. The first-order valence-corrected chi connectivity index (χ1v) is 10.1. The molecule has 7 heteroatoms. The first-order chi connectivity index (χ1) is 14.5. The largest absolute Gasteiger partial charge is 0.513 e. The summed E-state index contributed by atoms with van der Waals surface area (Å²) in [5, 5.41) is 0. The zero-order valence-electron chi connectivity index (χ0n) is 17.3. The lowest BCUT2D eigenvalue weighted by Crippen LogP contribution is -2.37. The van der Waals surface area contributed by atoms with Crippen molar-refractivity contribution >= 4 is 18.0 Å². The molecule has 0 radical (unpaired) electrons. The molecule has 2 aromatic carbocycles. The molecule has 0 bridgehead atoms. The SMILES string of the molecule is CCOC(=O)Oc1ccc(C(=O)N2CCCN(C(=O)c3cccc(C)c3)CC2)cc1. The number of ether oxygens (including phenoxy) is 2. The van der Waals surface area contributed by atoms with Crippen molar-refractivity contribution in [3.63, 3.8) is 0 Å². The standard InChI is InChI=1S/C23H26N2O5/c1-3-29-23(28)30-20-10-8-18(9-11-20)21(26)24-12-5-13-25(15-14-24)22(27)19-7-4-6-17(2)16-19/h4,6-11,16H,3,5,12-15H2,1-2H3. The first-order valence-electron chi connectivity index (χ1n) is 10.1. The summed E-state index contributed by atoms with van der Waals surface area (Å²) >= 11 is 0. The molecule has 1 saturated heterocycles. The Morgan fingerprint density at radius 3 is 2.10 bits per heavy atom. The molecule has 2 aromatic rings. The summed E-state index contributed by atoms with van der Waals surface area (Å²) in [4.78, 5) is 40.6. The molecule has 3 rings (SSSR count). The number of nitrogens with zero attached hydrogens (tertiary/aromatic N) is 2. The molecule has 1 heterocycles. The second-order valence-electron chi connectivity index (χ2n) is 7.12. The second kappa shape index (κ2) is 9.91. The average Bonchev–Trinajstić information content (AvgIpc) is 3.00. The molecular formula is C23H26N2O5. The van der Waals surface area contributed by atoms with Crippen LogP contribution in [0.4, 0.5) is 4.79 Å². The maximum Gasteiger partial charge on any atom is 0.513 e. The lowest BCUT2D eigenvalue weighted by molar-refractivity contribution is 0.0718. The van der Waals surface area contributed by atoms with Crippen molar-refractivity contribution in [3.05, 3.63) is 65.2 Å². The van der Waals surface area contributed by atoms with Crippen LogP contribution in [0.3, 0.4) is 0 Å². The summed E-state index contributed by atoms with van der Waals surface area (Å²) < 4.78 is 9.75. The van der Waals surface area contributed by atoms with E-state index in [1.165, 1.54) is 0 Å². The van der Waals surface area contributed by atoms with Gasteiger partial charge in [-0.1, -0.05) is 17.7 Å². The molecule has 0 saturated carbocycles. The summed E-state index contributed by atoms with van der Waals surface area (Å²) in [5.74, 6) is 0.201. The maximum atomic E-state index is 12.9. The molecular weight excluding hydrogens is 384 g/mol. The summed E-state index contributed by atoms with van der Waals surface area (Å²) in [6.45, 7) is 6.04. The smallest absolute Gasteiger partial charge is 0.434 e. The Labute approximate surface area is 176 Å². The predicted molar refractivity (Wildman–Crippen MR) is 112 cm³/mol. The van der Waals surface area contributed by atoms with E-state index in [-0.39, 0.29) is 18.4 Å². The fraction of sp³-hybridized carbons (Fsp3) is 0.348. The molecule has 1 aliphatic heterocycles. The van der Waals surface area contributed by atoms with Gasteiger partial charge in [-0.2, -0.15) is 0 Å². The number of hydrogen-bond acceptors (Lipinski definition) is 5. The quantitative estimate of drug-likeness (QED) is 0.569. The summed E-state index contributed by atoms with van der Waals surface area (Å²) in [6, 6.07) is 13.9. The minimum absolute atomic E-state index is 0.00605. The Kier molecular flexibility index (Phi) is 7.06. The molecule has 1 aliphatic rings. The Bertz CT molecular complexity index is 910. The van der Waals surface area contributed by atoms with E-state index in [0.29, 0.717) is 49.5 Å². The van der Waals surface area contributed by atoms with Crippen molar-refractivity contribution in [2.75, 3.05) is 32.8 Å². The topological polar surface area (TPSA) is 76.2 Å². The van der Waals surface area contributed by atoms with Gasteiger partial charge in [0.25, 0.3) is 11.8 Å². The number of carbonyl (C=O) groups excluding carboxylic acids is 3. The van der Waals surface area contributed by atoms with E-state index in [9.17, 15) is 14.4 Å². The molecule has 0 aliphatic carbocycles.